The van der Waals surface area contributed by atoms with Gasteiger partial charge in [-0.1, -0.05) is 12.1 Å². The Hall–Kier alpha value is -2.41. The number of benzene rings is 2. The topological polar surface area (TPSA) is 54.4 Å². The molecule has 0 bridgehead atoms. The lowest BCUT2D eigenvalue weighted by molar-refractivity contribution is 0.0690. The van der Waals surface area contributed by atoms with Crippen molar-refractivity contribution in [2.45, 2.75) is 0 Å². The summed E-state index contributed by atoms with van der Waals surface area (Å²) < 4.78 is 49.7. The number of hydrogen-bond acceptors (Lipinski definition) is 2. The Labute approximate surface area is 126 Å². The first-order valence-corrected chi connectivity index (χ1v) is 5.94. The molecule has 22 heavy (non-hydrogen) atoms. The molecule has 0 spiro atoms. The molecular formula is C14H7ClF4O3. The van der Waals surface area contributed by atoms with Gasteiger partial charge in [0, 0.05) is 0 Å². The van der Waals surface area contributed by atoms with Gasteiger partial charge in [-0.05, 0) is 35.9 Å². The fraction of sp³-hybridized carbons (Fsp3) is 0. The standard InChI is InChI=1S/C7H3ClF2O.C7H4F2O2/c8-7(11)4-2-1-3-5(9)6(4)10;8-5-3-1-2-4(6(5)9)7(10)11/h1-3H;1-3H,(H,10,11). The molecule has 3 nitrogen and oxygen atoms in total. The van der Waals surface area contributed by atoms with Gasteiger partial charge in [-0.3, -0.25) is 4.79 Å². The third-order valence-corrected chi connectivity index (χ3v) is 2.55. The van der Waals surface area contributed by atoms with E-state index < -0.39 is 45.6 Å². The van der Waals surface area contributed by atoms with Crippen LogP contribution in [0, 0.1) is 23.3 Å². The second-order valence-corrected chi connectivity index (χ2v) is 4.12. The van der Waals surface area contributed by atoms with E-state index in [4.69, 9.17) is 16.7 Å². The molecule has 2 rings (SSSR count). The molecule has 2 aromatic carbocycles. The summed E-state index contributed by atoms with van der Waals surface area (Å²) >= 11 is 4.93. The maximum atomic E-state index is 12.6. The van der Waals surface area contributed by atoms with E-state index in [9.17, 15) is 27.2 Å². The Morgan fingerprint density at radius 2 is 1.23 bits per heavy atom. The number of halogens is 5. The van der Waals surface area contributed by atoms with Gasteiger partial charge < -0.3 is 5.11 Å². The van der Waals surface area contributed by atoms with Gasteiger partial charge in [-0.25, -0.2) is 22.4 Å². The Morgan fingerprint density at radius 1 is 0.818 bits per heavy atom. The molecule has 2 aromatic rings. The molecule has 0 radical (unpaired) electrons. The van der Waals surface area contributed by atoms with E-state index in [1.165, 1.54) is 6.07 Å². The maximum absolute atomic E-state index is 12.6. The predicted octanol–water partition coefficient (Wildman–Crippen LogP) is 4.01. The molecule has 8 heteroatoms. The van der Waals surface area contributed by atoms with Gasteiger partial charge in [-0.2, -0.15) is 0 Å². The van der Waals surface area contributed by atoms with Gasteiger partial charge in [-0.15, -0.1) is 0 Å². The second kappa shape index (κ2) is 7.56. The molecule has 0 aliphatic carbocycles. The van der Waals surface area contributed by atoms with E-state index in [1.54, 1.807) is 0 Å². The minimum absolute atomic E-state index is 0.438. The molecule has 0 amide bonds. The molecule has 0 atom stereocenters. The molecule has 0 fully saturated rings. The first kappa shape index (κ1) is 17.6. The molecule has 0 heterocycles. The smallest absolute Gasteiger partial charge is 0.338 e. The number of hydrogen-bond donors (Lipinski definition) is 1. The number of carbonyl (C=O) groups is 2. The van der Waals surface area contributed by atoms with Gasteiger partial charge >= 0.3 is 5.97 Å². The minimum Gasteiger partial charge on any atom is -0.478 e. The van der Waals surface area contributed by atoms with E-state index in [0.717, 1.165) is 30.3 Å². The zero-order valence-corrected chi connectivity index (χ0v) is 11.4. The van der Waals surface area contributed by atoms with E-state index in [2.05, 4.69) is 0 Å². The summed E-state index contributed by atoms with van der Waals surface area (Å²) in [7, 11) is 0. The molecule has 0 saturated heterocycles. The highest BCUT2D eigenvalue weighted by Gasteiger charge is 2.13. The summed E-state index contributed by atoms with van der Waals surface area (Å²) in [6.45, 7) is 0. The van der Waals surface area contributed by atoms with Crippen molar-refractivity contribution >= 4 is 22.8 Å². The molecule has 0 aliphatic rings. The highest BCUT2D eigenvalue weighted by Crippen LogP contribution is 2.13. The van der Waals surface area contributed by atoms with Crippen LogP contribution < -0.4 is 0 Å². The van der Waals surface area contributed by atoms with Crippen molar-refractivity contribution in [2.75, 3.05) is 0 Å². The van der Waals surface area contributed by atoms with E-state index in [1.807, 2.05) is 0 Å². The van der Waals surface area contributed by atoms with Crippen molar-refractivity contribution in [3.8, 4) is 0 Å². The van der Waals surface area contributed by atoms with Gasteiger partial charge in [0.15, 0.2) is 23.3 Å². The third kappa shape index (κ3) is 4.29. The Morgan fingerprint density at radius 3 is 1.55 bits per heavy atom. The normalized spacial score (nSPS) is 9.68. The molecule has 0 unspecified atom stereocenters. The number of rotatable bonds is 2. The average molecular weight is 335 g/mol. The van der Waals surface area contributed by atoms with E-state index in [-0.39, 0.29) is 0 Å². The van der Waals surface area contributed by atoms with Crippen molar-refractivity contribution in [1.82, 2.24) is 0 Å². The highest BCUT2D eigenvalue weighted by atomic mass is 35.5. The summed E-state index contributed by atoms with van der Waals surface area (Å²) in [6, 6.07) is 6.25. The number of carbonyl (C=O) groups excluding carboxylic acids is 1. The number of carboxylic acid groups (broad SMARTS) is 1. The fourth-order valence-electron chi connectivity index (χ4n) is 1.32. The van der Waals surface area contributed by atoms with Gasteiger partial charge in [0.25, 0.3) is 5.24 Å². The Balaban J connectivity index is 0.000000220. The highest BCUT2D eigenvalue weighted by molar-refractivity contribution is 6.67. The Kier molecular flexibility index (Phi) is 6.06. The molecule has 116 valence electrons. The predicted molar refractivity (Wildman–Crippen MR) is 69.9 cm³/mol. The SMILES string of the molecule is O=C(Cl)c1cccc(F)c1F.O=C(O)c1cccc(F)c1F. The molecule has 0 saturated carbocycles. The molecular weight excluding hydrogens is 328 g/mol. The third-order valence-electron chi connectivity index (χ3n) is 2.35. The van der Waals surface area contributed by atoms with Crippen LogP contribution in [0.2, 0.25) is 0 Å². The van der Waals surface area contributed by atoms with Crippen LogP contribution in [0.3, 0.4) is 0 Å². The first-order chi connectivity index (χ1) is 10.3. The zero-order valence-electron chi connectivity index (χ0n) is 10.6. The fourth-order valence-corrected chi connectivity index (χ4v) is 1.47. The molecule has 0 aromatic heterocycles. The second-order valence-electron chi connectivity index (χ2n) is 3.78. The van der Waals surface area contributed by atoms with Crippen molar-refractivity contribution in [2.24, 2.45) is 0 Å². The summed E-state index contributed by atoms with van der Waals surface area (Å²) in [6.07, 6.45) is 0. The number of aromatic carboxylic acids is 1. The molecule has 0 aliphatic heterocycles. The maximum Gasteiger partial charge on any atom is 0.338 e. The van der Waals surface area contributed by atoms with Crippen LogP contribution in [0.25, 0.3) is 0 Å². The van der Waals surface area contributed by atoms with Gasteiger partial charge in [0.2, 0.25) is 0 Å². The van der Waals surface area contributed by atoms with Gasteiger partial charge in [0.05, 0.1) is 11.1 Å². The summed E-state index contributed by atoms with van der Waals surface area (Å²) in [5.74, 6) is -6.21. The van der Waals surface area contributed by atoms with Crippen LogP contribution in [0.15, 0.2) is 36.4 Å². The van der Waals surface area contributed by atoms with Crippen molar-refractivity contribution < 1.29 is 32.3 Å². The van der Waals surface area contributed by atoms with Crippen LogP contribution in [0.4, 0.5) is 17.6 Å². The summed E-state index contributed by atoms with van der Waals surface area (Å²) in [5.41, 5.74) is -1.09. The van der Waals surface area contributed by atoms with Crippen LogP contribution in [-0.2, 0) is 0 Å². The monoisotopic (exact) mass is 334 g/mol. The van der Waals surface area contributed by atoms with Gasteiger partial charge in [0.1, 0.15) is 0 Å². The lowest BCUT2D eigenvalue weighted by Crippen LogP contribution is -2.01. The minimum atomic E-state index is -1.47. The van der Waals surface area contributed by atoms with Crippen LogP contribution in [-0.4, -0.2) is 16.3 Å². The van der Waals surface area contributed by atoms with Crippen molar-refractivity contribution in [3.05, 3.63) is 70.8 Å². The largest absolute Gasteiger partial charge is 0.478 e. The van der Waals surface area contributed by atoms with Crippen molar-refractivity contribution in [3.63, 3.8) is 0 Å². The lowest BCUT2D eigenvalue weighted by atomic mass is 10.2. The van der Waals surface area contributed by atoms with Crippen molar-refractivity contribution in [1.29, 1.82) is 0 Å². The first-order valence-electron chi connectivity index (χ1n) is 5.56. The van der Waals surface area contributed by atoms with E-state index >= 15 is 0 Å². The van der Waals surface area contributed by atoms with Crippen LogP contribution >= 0.6 is 11.6 Å². The number of carboxylic acids is 1. The lowest BCUT2D eigenvalue weighted by Gasteiger charge is -1.95. The summed E-state index contributed by atoms with van der Waals surface area (Å²) in [5, 5.41) is 7.29. The average Bonchev–Trinajstić information content (AvgIpc) is 2.45. The van der Waals surface area contributed by atoms with Crippen LogP contribution in [0.5, 0.6) is 0 Å². The van der Waals surface area contributed by atoms with E-state index in [0.29, 0.717) is 0 Å². The van der Waals surface area contributed by atoms with Crippen LogP contribution in [0.1, 0.15) is 20.7 Å². The summed E-state index contributed by atoms with van der Waals surface area (Å²) in [4.78, 5) is 20.5. The molecule has 1 N–H and O–H groups in total. The quantitative estimate of drug-likeness (QED) is 0.667. The zero-order chi connectivity index (χ0) is 16.9. The Bertz CT molecular complexity index is 658.